The van der Waals surface area contributed by atoms with E-state index in [1.165, 1.54) is 21.9 Å². The number of hydrogen-bond acceptors (Lipinski definition) is 8. The average molecular weight is 814 g/mol. The van der Waals surface area contributed by atoms with Crippen LogP contribution in [0.2, 0.25) is 0 Å². The van der Waals surface area contributed by atoms with E-state index in [1.54, 1.807) is 23.5 Å². The third-order valence-electron chi connectivity index (χ3n) is 13.9. The normalized spacial score (nSPS) is 27.0. The standard InChI is InChI=1S/C43H51N5O7S2/c1-54-34-13-15-35-37(21-34)38-22-43(38,56(50,51)47-26-32-24-45(25-33(32)27-47)23-29-8-4-2-5-9-29)28-48-39-20-31(42(49)44-57(52,53)46-16-18-55-19-17-46)12-14-36(39)40(41(35)48)30-10-6-3-7-11-30/h2,4-5,8-9,12-15,20-21,30,32-33,38H,3,6-7,10-11,16-19,22-28H2,1H3,(H,44,49)/t32-,33?,38-,43-/m0/s1. The van der Waals surface area contributed by atoms with E-state index in [9.17, 15) is 13.2 Å². The van der Waals surface area contributed by atoms with Crippen molar-refractivity contribution in [2.45, 2.75) is 68.2 Å². The van der Waals surface area contributed by atoms with Crippen molar-refractivity contribution in [2.75, 3.05) is 59.6 Å². The number of morpholine rings is 1. The molecule has 4 aromatic rings. The molecule has 0 bridgehead atoms. The van der Waals surface area contributed by atoms with E-state index < -0.39 is 30.9 Å². The maximum absolute atomic E-state index is 15.3. The number of carbonyl (C=O) groups excluding carboxylic acids is 1. The van der Waals surface area contributed by atoms with Gasteiger partial charge in [0.1, 0.15) is 10.5 Å². The maximum atomic E-state index is 15.3. The van der Waals surface area contributed by atoms with Crippen LogP contribution >= 0.6 is 0 Å². The number of rotatable bonds is 9. The van der Waals surface area contributed by atoms with E-state index >= 15 is 8.42 Å². The number of aromatic nitrogens is 1. The largest absolute Gasteiger partial charge is 0.497 e. The molecular formula is C43H51N5O7S2. The molecule has 5 fully saturated rings. The van der Waals surface area contributed by atoms with E-state index in [1.807, 2.05) is 24.3 Å². The van der Waals surface area contributed by atoms with Gasteiger partial charge in [-0.3, -0.25) is 9.69 Å². The molecule has 14 heteroatoms. The lowest BCUT2D eigenvalue weighted by molar-refractivity contribution is 0.0719. The molecule has 12 nitrogen and oxygen atoms in total. The molecule has 4 atom stereocenters. The van der Waals surface area contributed by atoms with Crippen LogP contribution in [-0.2, 0) is 38.1 Å². The quantitative estimate of drug-likeness (QED) is 0.241. The van der Waals surface area contributed by atoms with Gasteiger partial charge in [0.05, 0.1) is 26.0 Å². The Morgan fingerprint density at radius 2 is 1.61 bits per heavy atom. The predicted molar refractivity (Wildman–Crippen MR) is 218 cm³/mol. The number of fused-ring (bicyclic) bond motifs is 8. The first-order valence-corrected chi connectivity index (χ1v) is 23.4. The third-order valence-corrected chi connectivity index (χ3v) is 18.0. The topological polar surface area (TPSA) is 130 Å². The molecule has 1 unspecified atom stereocenters. The number of likely N-dealkylation sites (tertiary alicyclic amines) is 1. The second-order valence-electron chi connectivity index (χ2n) is 17.2. The summed E-state index contributed by atoms with van der Waals surface area (Å²) in [6, 6.07) is 22.0. The number of sulfonamides is 1. The summed E-state index contributed by atoms with van der Waals surface area (Å²) in [6.45, 7) is 4.80. The lowest BCUT2D eigenvalue weighted by Gasteiger charge is -2.27. The summed E-state index contributed by atoms with van der Waals surface area (Å²) >= 11 is 0. The van der Waals surface area contributed by atoms with Crippen LogP contribution in [0.15, 0.2) is 66.7 Å². The minimum absolute atomic E-state index is 0.172. The van der Waals surface area contributed by atoms with Crippen LogP contribution in [-0.4, -0.2) is 105 Å². The molecule has 2 saturated carbocycles. The Balaban J connectivity index is 1.04. The molecule has 5 heterocycles. The lowest BCUT2D eigenvalue weighted by atomic mass is 9.81. The van der Waals surface area contributed by atoms with Gasteiger partial charge in [-0.2, -0.15) is 12.7 Å². The van der Waals surface area contributed by atoms with Crippen molar-refractivity contribution in [2.24, 2.45) is 11.8 Å². The van der Waals surface area contributed by atoms with E-state index in [2.05, 4.69) is 44.5 Å². The second-order valence-corrected chi connectivity index (χ2v) is 21.1. The number of methoxy groups -OCH3 is 1. The fourth-order valence-electron chi connectivity index (χ4n) is 10.9. The predicted octanol–water partition coefficient (Wildman–Crippen LogP) is 5.30. The summed E-state index contributed by atoms with van der Waals surface area (Å²) in [7, 11) is -6.24. The van der Waals surface area contributed by atoms with Gasteiger partial charge in [0.2, 0.25) is 10.0 Å². The molecule has 6 aliphatic rings. The number of ether oxygens (including phenoxy) is 2. The van der Waals surface area contributed by atoms with Gasteiger partial charge in [-0.15, -0.1) is 0 Å². The maximum Gasteiger partial charge on any atom is 0.304 e. The minimum Gasteiger partial charge on any atom is -0.497 e. The van der Waals surface area contributed by atoms with Crippen molar-refractivity contribution in [1.82, 2.24) is 22.8 Å². The molecule has 1 N–H and O–H groups in total. The lowest BCUT2D eigenvalue weighted by Crippen LogP contribution is -2.48. The first-order chi connectivity index (χ1) is 27.6. The van der Waals surface area contributed by atoms with Crippen LogP contribution in [0.5, 0.6) is 5.75 Å². The minimum atomic E-state index is -4.09. The summed E-state index contributed by atoms with van der Waals surface area (Å²) in [5, 5.41) is 0.993. The van der Waals surface area contributed by atoms with Crippen LogP contribution in [0.25, 0.3) is 22.2 Å². The monoisotopic (exact) mass is 813 g/mol. The number of amides is 1. The van der Waals surface area contributed by atoms with Gasteiger partial charge in [0, 0.05) is 80.3 Å². The highest BCUT2D eigenvalue weighted by molar-refractivity contribution is 7.91. The number of nitrogens with zero attached hydrogens (tertiary/aromatic N) is 4. The van der Waals surface area contributed by atoms with Gasteiger partial charge in [0.15, 0.2) is 0 Å². The van der Waals surface area contributed by atoms with E-state index in [-0.39, 0.29) is 62.1 Å². The van der Waals surface area contributed by atoms with Gasteiger partial charge in [-0.25, -0.2) is 17.4 Å². The Kier molecular flexibility index (Phi) is 9.33. The molecule has 10 rings (SSSR count). The van der Waals surface area contributed by atoms with Crippen molar-refractivity contribution in [3.05, 3.63) is 89.0 Å². The SMILES string of the molecule is COc1ccc2c(c1)[C@@H]1C[C@]1(S(=O)(=O)N1CC3CN(Cc4ccccc4)C[C@H]3C1)Cn1c-2c(C2CCCCC2)c2ccc(C(=O)NS(=O)(=O)N3CCOCC3)cc21. The van der Waals surface area contributed by atoms with Crippen LogP contribution in [0.4, 0.5) is 0 Å². The number of benzene rings is 3. The fourth-order valence-corrected chi connectivity index (χ4v) is 14.5. The molecular weight excluding hydrogens is 763 g/mol. The van der Waals surface area contributed by atoms with Gasteiger partial charge in [-0.05, 0) is 84.0 Å². The highest BCUT2D eigenvalue weighted by Crippen LogP contribution is 2.64. The summed E-state index contributed by atoms with van der Waals surface area (Å²) in [6.07, 6.45) is 5.98. The average Bonchev–Trinajstić information content (AvgIpc) is 3.50. The molecule has 2 aliphatic carbocycles. The zero-order chi connectivity index (χ0) is 39.1. The summed E-state index contributed by atoms with van der Waals surface area (Å²) in [5.41, 5.74) is 6.49. The number of carbonyl (C=O) groups is 1. The summed E-state index contributed by atoms with van der Waals surface area (Å²) < 4.78 is 74.7. The first-order valence-electron chi connectivity index (χ1n) is 20.6. The molecule has 1 amide bonds. The van der Waals surface area contributed by atoms with Crippen molar-refractivity contribution >= 4 is 37.0 Å². The van der Waals surface area contributed by atoms with Crippen LogP contribution in [0.1, 0.15) is 77.4 Å². The Hall–Kier alpha value is -3.79. The summed E-state index contributed by atoms with van der Waals surface area (Å²) in [5.74, 6) is 0.602. The van der Waals surface area contributed by atoms with Crippen molar-refractivity contribution < 1.29 is 31.1 Å². The van der Waals surface area contributed by atoms with Crippen LogP contribution < -0.4 is 9.46 Å². The summed E-state index contributed by atoms with van der Waals surface area (Å²) in [4.78, 5) is 16.2. The first kappa shape index (κ1) is 37.5. The van der Waals surface area contributed by atoms with Gasteiger partial charge < -0.3 is 14.0 Å². The molecule has 3 saturated heterocycles. The van der Waals surface area contributed by atoms with Gasteiger partial charge in [-0.1, -0.05) is 55.7 Å². The zero-order valence-electron chi connectivity index (χ0n) is 32.4. The molecule has 0 radical (unpaired) electrons. The smallest absolute Gasteiger partial charge is 0.304 e. The molecule has 4 aliphatic heterocycles. The Morgan fingerprint density at radius 3 is 2.33 bits per heavy atom. The van der Waals surface area contributed by atoms with E-state index in [0.717, 1.165) is 73.0 Å². The third kappa shape index (κ3) is 6.33. The molecule has 0 spiro atoms. The van der Waals surface area contributed by atoms with Crippen LogP contribution in [0.3, 0.4) is 0 Å². The Bertz CT molecular complexity index is 2430. The Morgan fingerprint density at radius 1 is 0.877 bits per heavy atom. The zero-order valence-corrected chi connectivity index (χ0v) is 34.1. The van der Waals surface area contributed by atoms with Crippen molar-refractivity contribution in [3.8, 4) is 17.0 Å². The molecule has 1 aromatic heterocycles. The molecule has 3 aromatic carbocycles. The van der Waals surface area contributed by atoms with Crippen molar-refractivity contribution in [1.29, 1.82) is 0 Å². The molecule has 302 valence electrons. The highest BCUT2D eigenvalue weighted by atomic mass is 32.2. The van der Waals surface area contributed by atoms with Crippen LogP contribution in [0, 0.1) is 11.8 Å². The highest BCUT2D eigenvalue weighted by Gasteiger charge is 2.68. The van der Waals surface area contributed by atoms with E-state index in [4.69, 9.17) is 9.47 Å². The number of nitrogens with one attached hydrogen (secondary N) is 1. The molecule has 57 heavy (non-hydrogen) atoms. The van der Waals surface area contributed by atoms with E-state index in [0.29, 0.717) is 25.3 Å². The fraction of sp³-hybridized carbons (Fsp3) is 0.512. The number of hydrogen-bond donors (Lipinski definition) is 1. The van der Waals surface area contributed by atoms with Crippen molar-refractivity contribution in [3.63, 3.8) is 0 Å². The van der Waals surface area contributed by atoms with Gasteiger partial charge >= 0.3 is 10.2 Å². The Labute approximate surface area is 335 Å². The van der Waals surface area contributed by atoms with Gasteiger partial charge in [0.25, 0.3) is 5.91 Å². The second kappa shape index (κ2) is 14.2.